The van der Waals surface area contributed by atoms with Crippen LogP contribution >= 0.6 is 39.0 Å². The zero-order valence-electron chi connectivity index (χ0n) is 19.3. The molecular formula is C24H17BrF2N6O3S2. The van der Waals surface area contributed by atoms with Crippen LogP contribution in [0.25, 0.3) is 0 Å². The Morgan fingerprint density at radius 3 is 2.89 bits per heavy atom. The third-order valence-electron chi connectivity index (χ3n) is 5.93. The van der Waals surface area contributed by atoms with Gasteiger partial charge in [-0.05, 0) is 47.0 Å². The molecule has 1 aromatic carbocycles. The van der Waals surface area contributed by atoms with Gasteiger partial charge < -0.3 is 15.5 Å². The molecular weight excluding hydrogens is 602 g/mol. The molecule has 2 aliphatic rings. The van der Waals surface area contributed by atoms with Crippen molar-refractivity contribution < 1.29 is 22.8 Å². The molecule has 1 aliphatic carbocycles. The van der Waals surface area contributed by atoms with E-state index in [0.717, 1.165) is 29.2 Å². The molecule has 0 spiro atoms. The number of furan rings is 1. The van der Waals surface area contributed by atoms with Gasteiger partial charge in [-0.25, -0.2) is 8.78 Å². The number of hydrogen-bond acceptors (Lipinski definition) is 10. The molecule has 194 valence electrons. The van der Waals surface area contributed by atoms with E-state index in [1.54, 1.807) is 17.0 Å². The first-order valence-electron chi connectivity index (χ1n) is 11.2. The minimum Gasteiger partial charge on any atom is -0.468 e. The largest absolute Gasteiger partial charge is 0.468 e. The Bertz CT molecular complexity index is 1520. The Labute approximate surface area is 231 Å². The maximum atomic E-state index is 14.0. The second kappa shape index (κ2) is 10.7. The summed E-state index contributed by atoms with van der Waals surface area (Å²) in [5.41, 5.74) is 7.56. The van der Waals surface area contributed by atoms with E-state index in [2.05, 4.69) is 37.5 Å². The molecule has 1 aliphatic heterocycles. The zero-order chi connectivity index (χ0) is 27.0. The lowest BCUT2D eigenvalue weighted by molar-refractivity contribution is -0.116. The number of anilines is 2. The molecule has 3 heterocycles. The first kappa shape index (κ1) is 26.1. The van der Waals surface area contributed by atoms with E-state index in [-0.39, 0.29) is 33.1 Å². The molecule has 0 saturated heterocycles. The molecule has 3 aromatic rings. The summed E-state index contributed by atoms with van der Waals surface area (Å²) in [7, 11) is 0. The Morgan fingerprint density at radius 2 is 2.18 bits per heavy atom. The number of nitriles is 1. The van der Waals surface area contributed by atoms with Gasteiger partial charge >= 0.3 is 0 Å². The van der Waals surface area contributed by atoms with Crippen LogP contribution in [0.4, 0.5) is 19.6 Å². The van der Waals surface area contributed by atoms with Crippen molar-refractivity contribution in [2.75, 3.05) is 16.0 Å². The number of nitrogens with zero attached hydrogens (tertiary/aromatic N) is 4. The van der Waals surface area contributed by atoms with E-state index in [0.29, 0.717) is 51.8 Å². The van der Waals surface area contributed by atoms with Crippen LogP contribution in [0.15, 0.2) is 66.4 Å². The maximum Gasteiger partial charge on any atom is 0.234 e. The highest BCUT2D eigenvalue weighted by Gasteiger charge is 2.42. The second-order valence-corrected chi connectivity index (χ2v) is 11.3. The van der Waals surface area contributed by atoms with Crippen LogP contribution in [0.1, 0.15) is 30.9 Å². The highest BCUT2D eigenvalue weighted by Crippen LogP contribution is 2.47. The number of hydrogen-bond donors (Lipinski definition) is 2. The Kier molecular flexibility index (Phi) is 7.33. The number of allylic oxidation sites excluding steroid dienone is 3. The van der Waals surface area contributed by atoms with Gasteiger partial charge in [0.25, 0.3) is 0 Å². The topological polar surface area (TPSA) is 138 Å². The summed E-state index contributed by atoms with van der Waals surface area (Å²) in [6.07, 6.45) is 2.98. The van der Waals surface area contributed by atoms with Crippen LogP contribution in [0.3, 0.4) is 0 Å². The molecule has 1 unspecified atom stereocenters. The fraction of sp³-hybridized carbons (Fsp3) is 0.208. The van der Waals surface area contributed by atoms with Gasteiger partial charge in [-0.2, -0.15) is 5.26 Å². The summed E-state index contributed by atoms with van der Waals surface area (Å²) >= 11 is 5.22. The van der Waals surface area contributed by atoms with Crippen molar-refractivity contribution in [2.45, 2.75) is 29.5 Å². The highest BCUT2D eigenvalue weighted by molar-refractivity contribution is 9.10. The lowest BCUT2D eigenvalue weighted by atomic mass is 9.78. The summed E-state index contributed by atoms with van der Waals surface area (Å²) in [5.74, 6) is -2.56. The summed E-state index contributed by atoms with van der Waals surface area (Å²) in [4.78, 5) is 27.0. The molecule has 0 bridgehead atoms. The molecule has 14 heteroatoms. The monoisotopic (exact) mass is 618 g/mol. The van der Waals surface area contributed by atoms with E-state index < -0.39 is 23.5 Å². The maximum absolute atomic E-state index is 14.0. The van der Waals surface area contributed by atoms with Gasteiger partial charge in [-0.3, -0.25) is 14.5 Å². The molecule has 2 aromatic heterocycles. The van der Waals surface area contributed by atoms with Crippen LogP contribution in [0.5, 0.6) is 0 Å². The van der Waals surface area contributed by atoms with E-state index in [4.69, 9.17) is 10.2 Å². The predicted octanol–water partition coefficient (Wildman–Crippen LogP) is 5.21. The Hall–Kier alpha value is -3.54. The Morgan fingerprint density at radius 1 is 1.37 bits per heavy atom. The second-order valence-electron chi connectivity index (χ2n) is 8.26. The fourth-order valence-electron chi connectivity index (χ4n) is 4.36. The highest BCUT2D eigenvalue weighted by atomic mass is 79.9. The van der Waals surface area contributed by atoms with Crippen LogP contribution < -0.4 is 16.0 Å². The number of carbonyl (C=O) groups is 2. The first-order valence-corrected chi connectivity index (χ1v) is 13.8. The lowest BCUT2D eigenvalue weighted by Gasteiger charge is -2.37. The lowest BCUT2D eigenvalue weighted by Crippen LogP contribution is -2.38. The SMILES string of the molecule is N#CC1=C(N)N(c2nnc(SCC(=O)Nc3c(F)cc(F)cc3Br)s2)C2=C(C(=O)CCC2)C1c1ccco1. The molecule has 9 nitrogen and oxygen atoms in total. The summed E-state index contributed by atoms with van der Waals surface area (Å²) in [6, 6.07) is 7.25. The number of halogens is 3. The molecule has 3 N–H and O–H groups in total. The van der Waals surface area contributed by atoms with Crippen molar-refractivity contribution in [2.24, 2.45) is 5.73 Å². The Balaban J connectivity index is 1.39. The molecule has 0 saturated carbocycles. The summed E-state index contributed by atoms with van der Waals surface area (Å²) in [5, 5.41) is 21.0. The first-order chi connectivity index (χ1) is 18.3. The average Bonchev–Trinajstić information content (AvgIpc) is 3.57. The number of nitrogens with one attached hydrogen (secondary N) is 1. The number of nitrogens with two attached hydrogens (primary N) is 1. The average molecular weight is 619 g/mol. The summed E-state index contributed by atoms with van der Waals surface area (Å²) < 4.78 is 33.4. The number of benzene rings is 1. The minimum atomic E-state index is -0.909. The smallest absolute Gasteiger partial charge is 0.234 e. The van der Waals surface area contributed by atoms with Gasteiger partial charge in [0.15, 0.2) is 15.9 Å². The molecule has 1 amide bonds. The van der Waals surface area contributed by atoms with E-state index >= 15 is 0 Å². The number of thioether (sulfide) groups is 1. The van der Waals surface area contributed by atoms with Crippen molar-refractivity contribution in [1.29, 1.82) is 5.26 Å². The standard InChI is InChI=1S/C24H17BrF2N6O3S2/c25-13-7-11(26)8-14(27)21(13)30-18(35)10-37-24-32-31-23(38-24)33-15-3-1-4-16(34)20(15)19(12(9-28)22(33)29)17-5-2-6-36-17/h2,5-8,19H,1,3-4,10,29H2,(H,30,35). The number of rotatable bonds is 6. The van der Waals surface area contributed by atoms with Crippen molar-refractivity contribution in [3.05, 3.63) is 75.1 Å². The molecule has 0 radical (unpaired) electrons. The normalized spacial score (nSPS) is 17.5. The van der Waals surface area contributed by atoms with Crippen molar-refractivity contribution >= 4 is 61.5 Å². The van der Waals surface area contributed by atoms with Crippen LogP contribution in [0, 0.1) is 23.0 Å². The number of ketones is 1. The van der Waals surface area contributed by atoms with Gasteiger partial charge in [-0.1, -0.05) is 23.1 Å². The molecule has 5 rings (SSSR count). The van der Waals surface area contributed by atoms with E-state index in [1.165, 1.54) is 6.26 Å². The quantitative estimate of drug-likeness (QED) is 0.356. The van der Waals surface area contributed by atoms with Gasteiger partial charge in [0.05, 0.1) is 35.3 Å². The minimum absolute atomic E-state index is 0.0752. The van der Waals surface area contributed by atoms with E-state index in [9.17, 15) is 23.6 Å². The van der Waals surface area contributed by atoms with Crippen LogP contribution in [0.2, 0.25) is 0 Å². The number of aromatic nitrogens is 2. The number of Topliss-reactive ketones (excluding diaryl/α,β-unsaturated/α-hetero) is 1. The molecule has 38 heavy (non-hydrogen) atoms. The number of carbonyl (C=O) groups excluding carboxylic acids is 2. The molecule has 1 atom stereocenters. The molecule has 0 fully saturated rings. The van der Waals surface area contributed by atoms with Gasteiger partial charge in [0.2, 0.25) is 11.0 Å². The van der Waals surface area contributed by atoms with E-state index in [1.807, 2.05) is 0 Å². The fourth-order valence-corrected chi connectivity index (χ4v) is 6.55. The van der Waals surface area contributed by atoms with Gasteiger partial charge in [-0.15, -0.1) is 10.2 Å². The van der Waals surface area contributed by atoms with Crippen LogP contribution in [-0.2, 0) is 9.59 Å². The summed E-state index contributed by atoms with van der Waals surface area (Å²) in [6.45, 7) is 0. The predicted molar refractivity (Wildman–Crippen MR) is 140 cm³/mol. The van der Waals surface area contributed by atoms with Crippen LogP contribution in [-0.4, -0.2) is 27.6 Å². The third kappa shape index (κ3) is 4.84. The van der Waals surface area contributed by atoms with Crippen molar-refractivity contribution in [1.82, 2.24) is 10.2 Å². The number of amides is 1. The van der Waals surface area contributed by atoms with Crippen molar-refractivity contribution in [3.8, 4) is 6.07 Å². The van der Waals surface area contributed by atoms with Gasteiger partial charge in [0.1, 0.15) is 17.4 Å². The van der Waals surface area contributed by atoms with Gasteiger partial charge in [0, 0.05) is 28.2 Å². The third-order valence-corrected chi connectivity index (χ3v) is 8.59. The van der Waals surface area contributed by atoms with Crippen molar-refractivity contribution in [3.63, 3.8) is 0 Å². The zero-order valence-corrected chi connectivity index (χ0v) is 22.6.